The molecule has 0 radical (unpaired) electrons. The average Bonchev–Trinajstić information content (AvgIpc) is 3.28. The number of piperidine rings is 1. The van der Waals surface area contributed by atoms with E-state index in [1.165, 1.54) is 0 Å². The number of nitrogens with two attached hydrogens (primary N) is 1. The fourth-order valence-electron chi connectivity index (χ4n) is 4.82. The maximum absolute atomic E-state index is 13.1. The molecule has 204 valence electrons. The number of likely N-dealkylation sites (tertiary alicyclic amines) is 1. The monoisotopic (exact) mass is 560 g/mol. The SMILES string of the molecule is COCCCn1c(C2CCCN(C(=O)CC(N)CNC(=O)Nc3ccc(Cl)c(Cl)c3)C2)nc2ccccc21. The summed E-state index contributed by atoms with van der Waals surface area (Å²) in [6.07, 6.45) is 2.90. The Balaban J connectivity index is 1.32. The number of hydrogen-bond donors (Lipinski definition) is 3. The number of amides is 3. The highest BCUT2D eigenvalue weighted by molar-refractivity contribution is 6.42. The molecule has 0 bridgehead atoms. The number of nitrogens with one attached hydrogen (secondary N) is 2. The third-order valence-electron chi connectivity index (χ3n) is 6.69. The third-order valence-corrected chi connectivity index (χ3v) is 7.43. The Bertz CT molecular complexity index is 1270. The molecule has 11 heteroatoms. The van der Waals surface area contributed by atoms with Crippen molar-refractivity contribution in [3.63, 3.8) is 0 Å². The van der Waals surface area contributed by atoms with E-state index in [4.69, 9.17) is 38.7 Å². The first-order chi connectivity index (χ1) is 18.4. The van der Waals surface area contributed by atoms with Crippen molar-refractivity contribution in [1.29, 1.82) is 0 Å². The van der Waals surface area contributed by atoms with Crippen molar-refractivity contribution in [2.75, 3.05) is 38.7 Å². The van der Waals surface area contributed by atoms with Gasteiger partial charge in [0.05, 0.1) is 21.1 Å². The Labute approximate surface area is 232 Å². The number of rotatable bonds is 10. The molecule has 2 unspecified atom stereocenters. The van der Waals surface area contributed by atoms with E-state index in [9.17, 15) is 9.59 Å². The van der Waals surface area contributed by atoms with Crippen LogP contribution in [-0.2, 0) is 16.1 Å². The Morgan fingerprint density at radius 1 is 1.21 bits per heavy atom. The van der Waals surface area contributed by atoms with Gasteiger partial charge in [0.15, 0.2) is 0 Å². The van der Waals surface area contributed by atoms with E-state index in [0.29, 0.717) is 35.4 Å². The number of aromatic nitrogens is 2. The van der Waals surface area contributed by atoms with Crippen LogP contribution in [0.25, 0.3) is 11.0 Å². The molecule has 2 aromatic carbocycles. The van der Waals surface area contributed by atoms with Crippen molar-refractivity contribution in [2.45, 2.75) is 44.2 Å². The van der Waals surface area contributed by atoms with Crippen LogP contribution in [0.4, 0.5) is 10.5 Å². The number of anilines is 1. The zero-order valence-corrected chi connectivity index (χ0v) is 23.0. The zero-order chi connectivity index (χ0) is 27.1. The van der Waals surface area contributed by atoms with Gasteiger partial charge in [-0.25, -0.2) is 9.78 Å². The van der Waals surface area contributed by atoms with Crippen molar-refractivity contribution >= 4 is 51.9 Å². The van der Waals surface area contributed by atoms with Gasteiger partial charge in [0, 0.05) is 64.0 Å². The number of ether oxygens (including phenoxy) is 1. The van der Waals surface area contributed by atoms with Crippen LogP contribution in [0.2, 0.25) is 10.0 Å². The van der Waals surface area contributed by atoms with Gasteiger partial charge in [0.1, 0.15) is 5.82 Å². The lowest BCUT2D eigenvalue weighted by Gasteiger charge is -2.33. The van der Waals surface area contributed by atoms with E-state index in [2.05, 4.69) is 21.3 Å². The van der Waals surface area contributed by atoms with Gasteiger partial charge in [-0.05, 0) is 49.6 Å². The van der Waals surface area contributed by atoms with E-state index < -0.39 is 12.1 Å². The molecule has 4 N–H and O–H groups in total. The number of imidazole rings is 1. The number of benzene rings is 2. The maximum Gasteiger partial charge on any atom is 0.319 e. The predicted octanol–water partition coefficient (Wildman–Crippen LogP) is 4.62. The molecular weight excluding hydrogens is 527 g/mol. The molecule has 1 aliphatic heterocycles. The summed E-state index contributed by atoms with van der Waals surface area (Å²) in [5, 5.41) is 6.14. The van der Waals surface area contributed by atoms with E-state index in [1.807, 2.05) is 23.1 Å². The molecule has 1 fully saturated rings. The molecule has 0 aliphatic carbocycles. The Kier molecular flexibility index (Phi) is 9.85. The number of fused-ring (bicyclic) bond motifs is 1. The standard InChI is InChI=1S/C27H34Cl2N6O3/c1-38-13-5-12-35-24-8-3-2-7-23(24)33-26(35)18-6-4-11-34(17-18)25(36)14-19(30)16-31-27(37)32-20-9-10-21(28)22(29)15-20/h2-3,7-10,15,18-19H,4-6,11-14,16-17,30H2,1H3,(H2,31,32,37). The molecule has 0 saturated carbocycles. The summed E-state index contributed by atoms with van der Waals surface area (Å²) in [4.78, 5) is 32.2. The Morgan fingerprint density at radius 2 is 2.03 bits per heavy atom. The van der Waals surface area contributed by atoms with Gasteiger partial charge < -0.3 is 30.6 Å². The van der Waals surface area contributed by atoms with Crippen molar-refractivity contribution in [1.82, 2.24) is 19.8 Å². The van der Waals surface area contributed by atoms with Crippen LogP contribution in [0.1, 0.15) is 37.4 Å². The second-order valence-electron chi connectivity index (χ2n) is 9.56. The number of aryl methyl sites for hydroxylation is 1. The average molecular weight is 562 g/mol. The molecule has 3 amide bonds. The Morgan fingerprint density at radius 3 is 2.82 bits per heavy atom. The number of hydrogen-bond acceptors (Lipinski definition) is 5. The molecule has 9 nitrogen and oxygen atoms in total. The van der Waals surface area contributed by atoms with Crippen molar-refractivity contribution in [3.05, 3.63) is 58.3 Å². The van der Waals surface area contributed by atoms with E-state index >= 15 is 0 Å². The molecule has 3 aromatic rings. The number of methoxy groups -OCH3 is 1. The van der Waals surface area contributed by atoms with Crippen molar-refractivity contribution < 1.29 is 14.3 Å². The van der Waals surface area contributed by atoms with Gasteiger partial charge in [-0.3, -0.25) is 4.79 Å². The molecule has 38 heavy (non-hydrogen) atoms. The number of urea groups is 1. The summed E-state index contributed by atoms with van der Waals surface area (Å²) in [6.45, 7) is 2.95. The van der Waals surface area contributed by atoms with Crippen LogP contribution in [0.3, 0.4) is 0 Å². The van der Waals surface area contributed by atoms with Crippen LogP contribution in [0, 0.1) is 0 Å². The molecule has 0 spiro atoms. The van der Waals surface area contributed by atoms with Gasteiger partial charge in [-0.2, -0.15) is 0 Å². The van der Waals surface area contributed by atoms with Gasteiger partial charge in [0.25, 0.3) is 0 Å². The normalized spacial score (nSPS) is 16.4. The minimum atomic E-state index is -0.513. The number of halogens is 2. The summed E-state index contributed by atoms with van der Waals surface area (Å²) >= 11 is 11.9. The lowest BCUT2D eigenvalue weighted by atomic mass is 9.96. The number of carbonyl (C=O) groups excluding carboxylic acids is 2. The first-order valence-electron chi connectivity index (χ1n) is 12.8. The quantitative estimate of drug-likeness (QED) is 0.313. The predicted molar refractivity (Wildman–Crippen MR) is 151 cm³/mol. The van der Waals surface area contributed by atoms with Gasteiger partial charge in [-0.1, -0.05) is 35.3 Å². The second-order valence-corrected chi connectivity index (χ2v) is 10.4. The van der Waals surface area contributed by atoms with Gasteiger partial charge >= 0.3 is 6.03 Å². The van der Waals surface area contributed by atoms with Crippen molar-refractivity contribution in [2.24, 2.45) is 5.73 Å². The topological polar surface area (TPSA) is 115 Å². The van der Waals surface area contributed by atoms with E-state index in [0.717, 1.165) is 42.7 Å². The highest BCUT2D eigenvalue weighted by Crippen LogP contribution is 2.30. The summed E-state index contributed by atoms with van der Waals surface area (Å²) in [6, 6.07) is 12.0. The van der Waals surface area contributed by atoms with E-state index in [-0.39, 0.29) is 24.8 Å². The number of nitrogens with zero attached hydrogens (tertiary/aromatic N) is 3. The fourth-order valence-corrected chi connectivity index (χ4v) is 5.12. The lowest BCUT2D eigenvalue weighted by Crippen LogP contribution is -2.45. The summed E-state index contributed by atoms with van der Waals surface area (Å²) < 4.78 is 7.53. The molecule has 1 saturated heterocycles. The fraction of sp³-hybridized carbons (Fsp3) is 0.444. The van der Waals surface area contributed by atoms with Crippen LogP contribution >= 0.6 is 23.2 Å². The van der Waals surface area contributed by atoms with Gasteiger partial charge in [0.2, 0.25) is 5.91 Å². The van der Waals surface area contributed by atoms with Crippen LogP contribution in [0.5, 0.6) is 0 Å². The first kappa shape index (κ1) is 28.2. The van der Waals surface area contributed by atoms with E-state index in [1.54, 1.807) is 25.3 Å². The highest BCUT2D eigenvalue weighted by Gasteiger charge is 2.29. The van der Waals surface area contributed by atoms with Crippen molar-refractivity contribution in [3.8, 4) is 0 Å². The summed E-state index contributed by atoms with van der Waals surface area (Å²) in [5.41, 5.74) is 8.78. The first-order valence-corrected chi connectivity index (χ1v) is 13.6. The Hall–Kier alpha value is -2.85. The zero-order valence-electron chi connectivity index (χ0n) is 21.5. The van der Waals surface area contributed by atoms with Gasteiger partial charge in [-0.15, -0.1) is 0 Å². The summed E-state index contributed by atoms with van der Waals surface area (Å²) in [5.74, 6) is 1.15. The second kappa shape index (κ2) is 13.3. The van der Waals surface area contributed by atoms with Crippen LogP contribution in [-0.4, -0.2) is 65.8 Å². The molecule has 1 aromatic heterocycles. The highest BCUT2D eigenvalue weighted by atomic mass is 35.5. The largest absolute Gasteiger partial charge is 0.385 e. The lowest BCUT2D eigenvalue weighted by molar-refractivity contribution is -0.132. The number of carbonyl (C=O) groups is 2. The molecular formula is C27H34Cl2N6O3. The maximum atomic E-state index is 13.1. The summed E-state index contributed by atoms with van der Waals surface area (Å²) in [7, 11) is 1.71. The molecule has 4 rings (SSSR count). The molecule has 2 atom stereocenters. The third kappa shape index (κ3) is 7.17. The van der Waals surface area contributed by atoms with Crippen LogP contribution < -0.4 is 16.4 Å². The number of para-hydroxylation sites is 2. The van der Waals surface area contributed by atoms with Crippen LogP contribution in [0.15, 0.2) is 42.5 Å². The minimum absolute atomic E-state index is 0.0177. The molecule has 1 aliphatic rings. The smallest absolute Gasteiger partial charge is 0.319 e. The minimum Gasteiger partial charge on any atom is -0.385 e. The molecule has 2 heterocycles.